The van der Waals surface area contributed by atoms with Crippen molar-refractivity contribution in [2.24, 2.45) is 0 Å². The molecule has 0 aliphatic heterocycles. The summed E-state index contributed by atoms with van der Waals surface area (Å²) in [6.45, 7) is 0. The van der Waals surface area contributed by atoms with Gasteiger partial charge in [-0.05, 0) is 66.2 Å². The second-order valence-electron chi connectivity index (χ2n) is 18.9. The highest BCUT2D eigenvalue weighted by Gasteiger charge is 2.32. The monoisotopic (exact) mass is 948 g/mol. The van der Waals surface area contributed by atoms with Gasteiger partial charge in [0, 0.05) is 54.2 Å². The first-order chi connectivity index (χ1) is 36.3. The fraction of sp³-hybridized carbons (Fsp3) is 0. The SMILES string of the molecule is c1ccc2sc(-c3ccc(-c4c(-n5c6ccccc6c6ccccc65)c(-n5c6ccccc6c6ccccc65)nc(-n5c6ccccc6c6ccccc65)c4-n4c5ccccc5c5ccccc54)cc3)nc2c1. The number of aromatic nitrogens is 6. The van der Waals surface area contributed by atoms with Crippen LogP contribution in [0.3, 0.4) is 0 Å². The standard InChI is InChI=1S/C66H40N6S/c1-10-28-52-43(19-1)44-20-2-11-29-53(44)69(52)62-61(41-37-39-42(40-38-41)66-67-51-27-9-18-36-60(51)73-66)63(70-54-30-12-3-21-45(54)46-22-4-13-31-55(46)70)65(72-58-34-16-7-25-49(58)50-26-8-17-35-59(50)72)68-64(62)71-56-32-14-5-23-47(56)48-24-6-15-33-57(48)71/h1-40H. The van der Waals surface area contributed by atoms with Crippen LogP contribution in [0.15, 0.2) is 243 Å². The van der Waals surface area contributed by atoms with E-state index in [-0.39, 0.29) is 0 Å². The lowest BCUT2D eigenvalue weighted by molar-refractivity contribution is 0.961. The molecule has 73 heavy (non-hydrogen) atoms. The first-order valence-corrected chi connectivity index (χ1v) is 25.6. The van der Waals surface area contributed by atoms with Crippen LogP contribution in [0.2, 0.25) is 0 Å². The number of para-hydroxylation sites is 9. The predicted molar refractivity (Wildman–Crippen MR) is 306 cm³/mol. The van der Waals surface area contributed by atoms with E-state index in [2.05, 4.69) is 261 Å². The molecule has 10 aromatic carbocycles. The zero-order valence-corrected chi connectivity index (χ0v) is 40.0. The Morgan fingerprint density at radius 1 is 0.260 bits per heavy atom. The van der Waals surface area contributed by atoms with Gasteiger partial charge in [-0.2, -0.15) is 0 Å². The molecule has 16 aromatic rings. The number of benzene rings is 10. The Kier molecular flexibility index (Phi) is 8.52. The van der Waals surface area contributed by atoms with Crippen LogP contribution in [0.1, 0.15) is 0 Å². The van der Waals surface area contributed by atoms with Crippen molar-refractivity contribution in [1.82, 2.24) is 28.2 Å². The quantitative estimate of drug-likeness (QED) is 0.167. The van der Waals surface area contributed by atoms with Gasteiger partial charge in [0.05, 0.1) is 54.4 Å². The van der Waals surface area contributed by atoms with Crippen LogP contribution in [0.5, 0.6) is 0 Å². The van der Waals surface area contributed by atoms with E-state index in [1.807, 2.05) is 0 Å². The molecule has 0 aliphatic carbocycles. The van der Waals surface area contributed by atoms with Crippen molar-refractivity contribution in [2.75, 3.05) is 0 Å². The molecule has 6 aromatic heterocycles. The molecule has 0 saturated heterocycles. The Hall–Kier alpha value is -9.56. The maximum absolute atomic E-state index is 6.35. The predicted octanol–water partition coefficient (Wildman–Crippen LogP) is 17.4. The summed E-state index contributed by atoms with van der Waals surface area (Å²) in [6.07, 6.45) is 0. The summed E-state index contributed by atoms with van der Waals surface area (Å²) in [7, 11) is 0. The van der Waals surface area contributed by atoms with Crippen molar-refractivity contribution in [2.45, 2.75) is 0 Å². The van der Waals surface area contributed by atoms with Gasteiger partial charge in [0.15, 0.2) is 11.6 Å². The molecular formula is C66H40N6S. The molecule has 0 aliphatic rings. The van der Waals surface area contributed by atoms with E-state index in [1.54, 1.807) is 11.3 Å². The molecule has 0 bridgehead atoms. The molecule has 7 heteroatoms. The van der Waals surface area contributed by atoms with Crippen LogP contribution >= 0.6 is 11.3 Å². The van der Waals surface area contributed by atoms with Crippen molar-refractivity contribution in [3.05, 3.63) is 243 Å². The summed E-state index contributed by atoms with van der Waals surface area (Å²) < 4.78 is 11.0. The molecule has 6 heterocycles. The summed E-state index contributed by atoms with van der Waals surface area (Å²) in [5.74, 6) is 1.63. The second-order valence-corrected chi connectivity index (χ2v) is 19.9. The molecule has 0 saturated carbocycles. The van der Waals surface area contributed by atoms with E-state index < -0.39 is 0 Å². The minimum atomic E-state index is 0.815. The van der Waals surface area contributed by atoms with Crippen LogP contribution in [0.4, 0.5) is 0 Å². The smallest absolute Gasteiger partial charge is 0.165 e. The van der Waals surface area contributed by atoms with Crippen molar-refractivity contribution in [3.8, 4) is 44.7 Å². The lowest BCUT2D eigenvalue weighted by atomic mass is 9.99. The molecule has 0 fully saturated rings. The fourth-order valence-corrected chi connectivity index (χ4v) is 12.9. The summed E-state index contributed by atoms with van der Waals surface area (Å²) in [4.78, 5) is 11.5. The van der Waals surface area contributed by atoms with E-state index >= 15 is 0 Å². The van der Waals surface area contributed by atoms with Gasteiger partial charge in [0.2, 0.25) is 0 Å². The van der Waals surface area contributed by atoms with Gasteiger partial charge in [0.25, 0.3) is 0 Å². The van der Waals surface area contributed by atoms with Gasteiger partial charge in [-0.15, -0.1) is 11.3 Å². The first kappa shape index (κ1) is 40.2. The lowest BCUT2D eigenvalue weighted by Gasteiger charge is -2.27. The summed E-state index contributed by atoms with van der Waals surface area (Å²) >= 11 is 1.73. The normalized spacial score (nSPS) is 12.1. The molecule has 0 amide bonds. The summed E-state index contributed by atoms with van der Waals surface area (Å²) in [6, 6.07) is 88.1. The van der Waals surface area contributed by atoms with Crippen LogP contribution in [0.25, 0.3) is 142 Å². The Bertz CT molecular complexity index is 4430. The number of hydrogen-bond donors (Lipinski definition) is 0. The van der Waals surface area contributed by atoms with E-state index in [0.29, 0.717) is 0 Å². The third kappa shape index (κ3) is 5.73. The molecule has 0 spiro atoms. The van der Waals surface area contributed by atoms with Crippen LogP contribution in [-0.2, 0) is 0 Å². The van der Waals surface area contributed by atoms with Crippen molar-refractivity contribution in [1.29, 1.82) is 0 Å². The van der Waals surface area contributed by atoms with Gasteiger partial charge < -0.3 is 9.13 Å². The third-order valence-corrected chi connectivity index (χ3v) is 16.1. The molecule has 340 valence electrons. The number of rotatable bonds is 6. The minimum absolute atomic E-state index is 0.815. The highest BCUT2D eigenvalue weighted by molar-refractivity contribution is 7.21. The molecule has 0 radical (unpaired) electrons. The zero-order valence-electron chi connectivity index (χ0n) is 39.2. The molecule has 0 atom stereocenters. The van der Waals surface area contributed by atoms with Crippen LogP contribution < -0.4 is 0 Å². The maximum Gasteiger partial charge on any atom is 0.165 e. The Morgan fingerprint density at radius 3 is 0.890 bits per heavy atom. The Balaban J connectivity index is 1.19. The lowest BCUT2D eigenvalue weighted by Crippen LogP contribution is -2.16. The van der Waals surface area contributed by atoms with Gasteiger partial charge >= 0.3 is 0 Å². The van der Waals surface area contributed by atoms with Gasteiger partial charge in [-0.1, -0.05) is 182 Å². The Labute approximate surface area is 422 Å². The van der Waals surface area contributed by atoms with E-state index in [0.717, 1.165) is 94.4 Å². The fourth-order valence-electron chi connectivity index (χ4n) is 12.0. The van der Waals surface area contributed by atoms with Gasteiger partial charge in [-0.25, -0.2) is 9.97 Å². The molecule has 0 unspecified atom stereocenters. The van der Waals surface area contributed by atoms with E-state index in [1.165, 1.54) is 47.8 Å². The number of nitrogens with zero attached hydrogens (tertiary/aromatic N) is 6. The number of hydrogen-bond acceptors (Lipinski definition) is 3. The maximum atomic E-state index is 6.35. The minimum Gasteiger partial charge on any atom is -0.305 e. The molecular weight excluding hydrogens is 909 g/mol. The average Bonchev–Trinajstić information content (AvgIpc) is 4.30. The van der Waals surface area contributed by atoms with Crippen molar-refractivity contribution >= 4 is 109 Å². The summed E-state index contributed by atoms with van der Waals surface area (Å²) in [5.41, 5.74) is 14.8. The van der Waals surface area contributed by atoms with E-state index in [4.69, 9.17) is 9.97 Å². The first-order valence-electron chi connectivity index (χ1n) is 24.8. The van der Waals surface area contributed by atoms with Crippen molar-refractivity contribution < 1.29 is 0 Å². The van der Waals surface area contributed by atoms with Crippen LogP contribution in [-0.4, -0.2) is 28.2 Å². The van der Waals surface area contributed by atoms with E-state index in [9.17, 15) is 0 Å². The largest absolute Gasteiger partial charge is 0.305 e. The highest BCUT2D eigenvalue weighted by atomic mass is 32.1. The highest BCUT2D eigenvalue weighted by Crippen LogP contribution is 2.49. The van der Waals surface area contributed by atoms with Crippen molar-refractivity contribution in [3.63, 3.8) is 0 Å². The Morgan fingerprint density at radius 2 is 0.548 bits per heavy atom. The topological polar surface area (TPSA) is 45.5 Å². The number of thiazole rings is 1. The average molecular weight is 949 g/mol. The third-order valence-electron chi connectivity index (χ3n) is 15.0. The molecule has 16 rings (SSSR count). The molecule has 0 N–H and O–H groups in total. The number of fused-ring (bicyclic) bond motifs is 13. The number of pyridine rings is 1. The molecule has 6 nitrogen and oxygen atoms in total. The second kappa shape index (κ2) is 15.5. The van der Waals surface area contributed by atoms with Gasteiger partial charge in [0.1, 0.15) is 16.4 Å². The summed E-state index contributed by atoms with van der Waals surface area (Å²) in [5, 5.41) is 10.4. The zero-order chi connectivity index (χ0) is 47.7. The van der Waals surface area contributed by atoms with Gasteiger partial charge in [-0.3, -0.25) is 9.13 Å². The van der Waals surface area contributed by atoms with Crippen LogP contribution in [0, 0.1) is 0 Å².